The molecule has 1 heterocycles. The highest BCUT2D eigenvalue weighted by Crippen LogP contribution is 2.33. The van der Waals surface area contributed by atoms with Crippen LogP contribution in [0.1, 0.15) is 31.4 Å². The molecule has 1 fully saturated rings. The molecule has 1 aliphatic heterocycles. The fourth-order valence-electron chi connectivity index (χ4n) is 2.76. The van der Waals surface area contributed by atoms with Gasteiger partial charge >= 0.3 is 0 Å². The average Bonchev–Trinajstić information content (AvgIpc) is 2.45. The van der Waals surface area contributed by atoms with Crippen LogP contribution in [-0.4, -0.2) is 36.0 Å². The Bertz CT molecular complexity index is 475. The molecule has 1 aromatic rings. The van der Waals surface area contributed by atoms with Crippen LogP contribution in [0.4, 0.5) is 10.1 Å². The molecule has 0 unspecified atom stereocenters. The van der Waals surface area contributed by atoms with Gasteiger partial charge in [-0.25, -0.2) is 4.39 Å². The molecule has 1 aliphatic rings. The molecular weight excluding hydrogens is 261 g/mol. The predicted octanol–water partition coefficient (Wildman–Crippen LogP) is 2.48. The standard InChI is InChI=1S/C14H20FN3O2/c1-2-3-13(17-8-6-16-7-9-17)12-10-11(15)4-5-14(12)18(19)20/h4-5,10,13,16H,2-3,6-9H2,1H3/t13-/m1/s1. The first-order valence-corrected chi connectivity index (χ1v) is 7.02. The summed E-state index contributed by atoms with van der Waals surface area (Å²) in [5.74, 6) is -0.415. The van der Waals surface area contributed by atoms with Gasteiger partial charge in [-0.2, -0.15) is 0 Å². The van der Waals surface area contributed by atoms with Gasteiger partial charge in [-0.05, 0) is 18.6 Å². The monoisotopic (exact) mass is 281 g/mol. The van der Waals surface area contributed by atoms with Crippen molar-refractivity contribution < 1.29 is 9.31 Å². The highest BCUT2D eigenvalue weighted by atomic mass is 19.1. The Morgan fingerprint density at radius 1 is 1.45 bits per heavy atom. The van der Waals surface area contributed by atoms with E-state index in [-0.39, 0.29) is 11.7 Å². The van der Waals surface area contributed by atoms with E-state index in [1.54, 1.807) is 0 Å². The van der Waals surface area contributed by atoms with Crippen LogP contribution >= 0.6 is 0 Å². The van der Waals surface area contributed by atoms with Crippen LogP contribution in [0.3, 0.4) is 0 Å². The van der Waals surface area contributed by atoms with Crippen LogP contribution < -0.4 is 5.32 Å². The van der Waals surface area contributed by atoms with Crippen molar-refractivity contribution in [1.82, 2.24) is 10.2 Å². The first-order chi connectivity index (χ1) is 9.63. The summed E-state index contributed by atoms with van der Waals surface area (Å²) in [7, 11) is 0. The van der Waals surface area contributed by atoms with E-state index in [1.807, 2.05) is 6.92 Å². The lowest BCUT2D eigenvalue weighted by molar-refractivity contribution is -0.386. The zero-order chi connectivity index (χ0) is 14.5. The number of nitrogens with one attached hydrogen (secondary N) is 1. The minimum Gasteiger partial charge on any atom is -0.314 e. The molecule has 1 N–H and O–H groups in total. The molecule has 1 saturated heterocycles. The first-order valence-electron chi connectivity index (χ1n) is 7.02. The van der Waals surface area contributed by atoms with Crippen molar-refractivity contribution in [3.05, 3.63) is 39.7 Å². The predicted molar refractivity (Wildman–Crippen MR) is 75.1 cm³/mol. The molecule has 1 atom stereocenters. The number of nitro groups is 1. The lowest BCUT2D eigenvalue weighted by Gasteiger charge is -2.35. The number of rotatable bonds is 5. The molecule has 1 aromatic carbocycles. The van der Waals surface area contributed by atoms with Crippen molar-refractivity contribution in [3.8, 4) is 0 Å². The Labute approximate surface area is 117 Å². The fourth-order valence-corrected chi connectivity index (χ4v) is 2.76. The lowest BCUT2D eigenvalue weighted by atomic mass is 9.98. The van der Waals surface area contributed by atoms with E-state index in [0.29, 0.717) is 5.56 Å². The van der Waals surface area contributed by atoms with Crippen molar-refractivity contribution in [3.63, 3.8) is 0 Å². The van der Waals surface area contributed by atoms with Gasteiger partial charge in [0.1, 0.15) is 5.82 Å². The summed E-state index contributed by atoms with van der Waals surface area (Å²) >= 11 is 0. The van der Waals surface area contributed by atoms with Gasteiger partial charge in [0.2, 0.25) is 0 Å². The summed E-state index contributed by atoms with van der Waals surface area (Å²) in [6, 6.07) is 3.66. The largest absolute Gasteiger partial charge is 0.314 e. The summed E-state index contributed by atoms with van der Waals surface area (Å²) in [5.41, 5.74) is 0.516. The van der Waals surface area contributed by atoms with Crippen molar-refractivity contribution in [2.24, 2.45) is 0 Å². The summed E-state index contributed by atoms with van der Waals surface area (Å²) in [4.78, 5) is 13.0. The highest BCUT2D eigenvalue weighted by molar-refractivity contribution is 5.42. The molecule has 0 bridgehead atoms. The Morgan fingerprint density at radius 2 is 2.15 bits per heavy atom. The van der Waals surface area contributed by atoms with Crippen LogP contribution in [0.25, 0.3) is 0 Å². The molecule has 0 aromatic heterocycles. The van der Waals surface area contributed by atoms with Gasteiger partial charge in [0.25, 0.3) is 5.69 Å². The average molecular weight is 281 g/mol. The maximum Gasteiger partial charge on any atom is 0.274 e. The van der Waals surface area contributed by atoms with Crippen LogP contribution in [0.2, 0.25) is 0 Å². The highest BCUT2D eigenvalue weighted by Gasteiger charge is 2.28. The SMILES string of the molecule is CCC[C@H](c1cc(F)ccc1[N+](=O)[O-])N1CCNCC1. The summed E-state index contributed by atoms with van der Waals surface area (Å²) < 4.78 is 13.5. The molecule has 20 heavy (non-hydrogen) atoms. The van der Waals surface area contributed by atoms with Crippen LogP contribution in [0.5, 0.6) is 0 Å². The minimum absolute atomic E-state index is 0.0170. The Balaban J connectivity index is 2.36. The van der Waals surface area contributed by atoms with Gasteiger partial charge in [-0.3, -0.25) is 15.0 Å². The Kier molecular flexibility index (Phi) is 5.03. The molecule has 5 nitrogen and oxygen atoms in total. The number of benzene rings is 1. The number of nitro benzene ring substituents is 1. The maximum absolute atomic E-state index is 13.5. The van der Waals surface area contributed by atoms with Crippen LogP contribution in [0.15, 0.2) is 18.2 Å². The van der Waals surface area contributed by atoms with Crippen molar-refractivity contribution in [2.45, 2.75) is 25.8 Å². The smallest absolute Gasteiger partial charge is 0.274 e. The number of hydrogen-bond donors (Lipinski definition) is 1. The summed E-state index contributed by atoms with van der Waals surface area (Å²) in [6.07, 6.45) is 1.70. The van der Waals surface area contributed by atoms with E-state index in [4.69, 9.17) is 0 Å². The van der Waals surface area contributed by atoms with E-state index in [0.717, 1.165) is 45.1 Å². The van der Waals surface area contributed by atoms with Crippen LogP contribution in [0, 0.1) is 15.9 Å². The lowest BCUT2D eigenvalue weighted by Crippen LogP contribution is -2.45. The third kappa shape index (κ3) is 3.32. The normalized spacial score (nSPS) is 17.9. The molecule has 6 heteroatoms. The number of nitrogens with zero attached hydrogens (tertiary/aromatic N) is 2. The third-order valence-corrected chi connectivity index (χ3v) is 3.70. The van der Waals surface area contributed by atoms with Crippen LogP contribution in [-0.2, 0) is 0 Å². The number of halogens is 1. The van der Waals surface area contributed by atoms with E-state index in [2.05, 4.69) is 10.2 Å². The second-order valence-corrected chi connectivity index (χ2v) is 5.05. The Hall–Kier alpha value is -1.53. The molecule has 0 amide bonds. The molecule has 2 rings (SSSR count). The third-order valence-electron chi connectivity index (χ3n) is 3.70. The second kappa shape index (κ2) is 6.76. The number of piperazine rings is 1. The first kappa shape index (κ1) is 14.9. The van der Waals surface area contributed by atoms with Gasteiger partial charge < -0.3 is 5.32 Å². The quantitative estimate of drug-likeness (QED) is 0.665. The number of hydrogen-bond acceptors (Lipinski definition) is 4. The van der Waals surface area contributed by atoms with E-state index in [1.165, 1.54) is 12.1 Å². The van der Waals surface area contributed by atoms with E-state index < -0.39 is 10.7 Å². The maximum atomic E-state index is 13.5. The van der Waals surface area contributed by atoms with E-state index >= 15 is 0 Å². The molecule has 0 radical (unpaired) electrons. The molecular formula is C14H20FN3O2. The van der Waals surface area contributed by atoms with Gasteiger partial charge in [0.15, 0.2) is 0 Å². The van der Waals surface area contributed by atoms with Gasteiger partial charge in [-0.1, -0.05) is 13.3 Å². The van der Waals surface area contributed by atoms with E-state index in [9.17, 15) is 14.5 Å². The molecule has 0 aliphatic carbocycles. The second-order valence-electron chi connectivity index (χ2n) is 5.05. The molecule has 0 saturated carbocycles. The van der Waals surface area contributed by atoms with Gasteiger partial charge in [0, 0.05) is 43.9 Å². The fraction of sp³-hybridized carbons (Fsp3) is 0.571. The van der Waals surface area contributed by atoms with Gasteiger partial charge in [0.05, 0.1) is 4.92 Å². The zero-order valence-corrected chi connectivity index (χ0v) is 11.6. The van der Waals surface area contributed by atoms with Crippen molar-refractivity contribution in [2.75, 3.05) is 26.2 Å². The molecule has 0 spiro atoms. The topological polar surface area (TPSA) is 58.4 Å². The molecule has 110 valence electrons. The van der Waals surface area contributed by atoms with Crippen molar-refractivity contribution in [1.29, 1.82) is 0 Å². The zero-order valence-electron chi connectivity index (χ0n) is 11.6. The summed E-state index contributed by atoms with van der Waals surface area (Å²) in [5, 5.41) is 14.4. The van der Waals surface area contributed by atoms with Crippen molar-refractivity contribution >= 4 is 5.69 Å². The minimum atomic E-state index is -0.417. The summed E-state index contributed by atoms with van der Waals surface area (Å²) in [6.45, 7) is 5.43. The van der Waals surface area contributed by atoms with Gasteiger partial charge in [-0.15, -0.1) is 0 Å². The Morgan fingerprint density at radius 3 is 2.75 bits per heavy atom.